The molecule has 10 nitrogen and oxygen atoms in total. The largest absolute Gasteiger partial charge is 0.444 e. The third-order valence-electron chi connectivity index (χ3n) is 7.28. The van der Waals surface area contributed by atoms with Crippen LogP contribution in [0.3, 0.4) is 0 Å². The topological polar surface area (TPSA) is 133 Å². The summed E-state index contributed by atoms with van der Waals surface area (Å²) < 4.78 is 26.7. The number of nitrogens with one attached hydrogen (secondary N) is 1. The molecule has 2 N–H and O–H groups in total. The number of hydrogen-bond donors (Lipinski definition) is 2. The Morgan fingerprint density at radius 2 is 2.10 bits per heavy atom. The molecule has 212 valence electrons. The Labute approximate surface area is 239 Å². The Balaban J connectivity index is 1.59. The van der Waals surface area contributed by atoms with Crippen molar-refractivity contribution >= 4 is 49.4 Å². The molecule has 1 aromatic carbocycles. The molecule has 41 heavy (non-hydrogen) atoms. The van der Waals surface area contributed by atoms with Gasteiger partial charge in [0.25, 0.3) is 0 Å². The Hall–Kier alpha value is -3.92. The minimum Gasteiger partial charge on any atom is -0.444 e. The predicted octanol–water partition coefficient (Wildman–Crippen LogP) is 5.43. The van der Waals surface area contributed by atoms with Crippen molar-refractivity contribution in [2.24, 2.45) is 0 Å². The molecule has 6 rings (SSSR count). The van der Waals surface area contributed by atoms with E-state index in [-0.39, 0.29) is 15.3 Å². The lowest BCUT2D eigenvalue weighted by Gasteiger charge is -2.20. The summed E-state index contributed by atoms with van der Waals surface area (Å²) in [4.78, 5) is 28.6. The maximum Gasteiger partial charge on any atom is 0.412 e. The highest BCUT2D eigenvalue weighted by molar-refractivity contribution is 7.23. The van der Waals surface area contributed by atoms with Gasteiger partial charge in [-0.25, -0.2) is 19.2 Å². The van der Waals surface area contributed by atoms with E-state index in [0.717, 1.165) is 50.7 Å². The first kappa shape index (κ1) is 27.3. The second-order valence-corrected chi connectivity index (χ2v) is 12.2. The number of rotatable bonds is 4. The molecule has 0 aliphatic carbocycles. The number of thiophene rings is 1. The predicted molar refractivity (Wildman–Crippen MR) is 153 cm³/mol. The first-order chi connectivity index (χ1) is 19.6. The number of anilines is 2. The molecule has 1 saturated heterocycles. The van der Waals surface area contributed by atoms with Gasteiger partial charge in [-0.3, -0.25) is 10.3 Å². The lowest BCUT2D eigenvalue weighted by atomic mass is 9.88. The number of aliphatic hydroxyl groups excluding tert-OH is 1. The van der Waals surface area contributed by atoms with Gasteiger partial charge in [0, 0.05) is 35.6 Å². The first-order valence-electron chi connectivity index (χ1n) is 13.4. The molecule has 2 aliphatic rings. The van der Waals surface area contributed by atoms with Crippen LogP contribution in [0.2, 0.25) is 0 Å². The smallest absolute Gasteiger partial charge is 0.412 e. The van der Waals surface area contributed by atoms with Crippen LogP contribution in [0, 0.1) is 17.1 Å². The van der Waals surface area contributed by atoms with Crippen molar-refractivity contribution in [2.75, 3.05) is 23.3 Å². The number of β-amino-alcohol motifs (C(OH)–C–C–N with tert-alkyl or cyclic N) is 1. The minimum absolute atomic E-state index is 0.113. The van der Waals surface area contributed by atoms with Crippen molar-refractivity contribution in [2.45, 2.75) is 65.5 Å². The van der Waals surface area contributed by atoms with Crippen LogP contribution in [0.4, 0.5) is 20.1 Å². The van der Waals surface area contributed by atoms with Gasteiger partial charge in [-0.2, -0.15) is 5.26 Å². The van der Waals surface area contributed by atoms with Crippen LogP contribution in [0.15, 0.2) is 12.4 Å². The lowest BCUT2D eigenvalue weighted by molar-refractivity contribution is 0.0636. The number of hydrogen-bond acceptors (Lipinski definition) is 10. The molecular formula is C29H29FN6O4S. The van der Waals surface area contributed by atoms with Gasteiger partial charge in [0.05, 0.1) is 47.0 Å². The van der Waals surface area contributed by atoms with Gasteiger partial charge in [0.15, 0.2) is 5.82 Å². The summed E-state index contributed by atoms with van der Waals surface area (Å²) in [6, 6.07) is 2.16. The molecule has 0 spiro atoms. The normalized spacial score (nSPS) is 16.8. The number of aliphatic hydroxyl groups is 1. The maximum atomic E-state index is 15.2. The first-order valence-corrected chi connectivity index (χ1v) is 14.3. The van der Waals surface area contributed by atoms with Gasteiger partial charge in [0.2, 0.25) is 5.95 Å². The Kier molecular flexibility index (Phi) is 6.76. The Morgan fingerprint density at radius 1 is 1.32 bits per heavy atom. The van der Waals surface area contributed by atoms with E-state index in [0.29, 0.717) is 56.2 Å². The molecule has 3 aromatic heterocycles. The van der Waals surface area contributed by atoms with Gasteiger partial charge in [-0.15, -0.1) is 11.3 Å². The standard InChI is InChI=1S/C29H29FN6O4S/c1-5-15-21(19-13-39-12-18(19)17-9-33-27(34-23(15)17)36-7-6-14(37)11-36)24-22-16(8-31)26(35-28(38)40-29(2,3)4)41-25(22)20(30)10-32-24/h9-10,14,37H,5-7,11-13H2,1-4H3,(H,35,38)/t14-/m1/s1. The monoisotopic (exact) mass is 576 g/mol. The van der Waals surface area contributed by atoms with E-state index >= 15 is 4.39 Å². The quantitative estimate of drug-likeness (QED) is 0.326. The van der Waals surface area contributed by atoms with Gasteiger partial charge >= 0.3 is 6.09 Å². The van der Waals surface area contributed by atoms with Crippen molar-refractivity contribution < 1.29 is 23.8 Å². The number of fused-ring (bicyclic) bond motifs is 4. The fourth-order valence-corrected chi connectivity index (χ4v) is 6.61. The number of nitriles is 1. The van der Waals surface area contributed by atoms with E-state index in [1.807, 2.05) is 11.8 Å². The molecule has 2 aliphatic heterocycles. The van der Waals surface area contributed by atoms with E-state index in [2.05, 4.69) is 21.4 Å². The molecule has 4 aromatic rings. The second kappa shape index (κ2) is 10.2. The van der Waals surface area contributed by atoms with Gasteiger partial charge < -0.3 is 19.5 Å². The number of aromatic nitrogens is 3. The van der Waals surface area contributed by atoms with Gasteiger partial charge in [0.1, 0.15) is 16.7 Å². The van der Waals surface area contributed by atoms with E-state index in [1.165, 1.54) is 0 Å². The number of pyridine rings is 1. The number of ether oxygens (including phenoxy) is 2. The maximum absolute atomic E-state index is 15.2. The summed E-state index contributed by atoms with van der Waals surface area (Å²) in [6.07, 6.45) is 3.02. The summed E-state index contributed by atoms with van der Waals surface area (Å²) in [5.74, 6) is -0.0608. The number of halogens is 1. The number of aryl methyl sites for hydroxylation is 1. The van der Waals surface area contributed by atoms with Crippen molar-refractivity contribution in [3.05, 3.63) is 40.5 Å². The van der Waals surface area contributed by atoms with E-state index in [1.54, 1.807) is 27.0 Å². The summed E-state index contributed by atoms with van der Waals surface area (Å²) in [6.45, 7) is 9.02. The molecule has 1 amide bonds. The molecule has 12 heteroatoms. The number of carbonyl (C=O) groups excluding carboxylic acids is 1. The van der Waals surface area contributed by atoms with Crippen LogP contribution in [-0.2, 0) is 29.1 Å². The summed E-state index contributed by atoms with van der Waals surface area (Å²) in [5, 5.41) is 24.3. The van der Waals surface area contributed by atoms with Gasteiger partial charge in [-0.1, -0.05) is 6.92 Å². The van der Waals surface area contributed by atoms with E-state index < -0.39 is 23.6 Å². The highest BCUT2D eigenvalue weighted by Gasteiger charge is 2.31. The average Bonchev–Trinajstić information content (AvgIpc) is 3.66. The van der Waals surface area contributed by atoms with Crippen molar-refractivity contribution in [1.82, 2.24) is 15.0 Å². The van der Waals surface area contributed by atoms with Crippen molar-refractivity contribution in [3.63, 3.8) is 0 Å². The highest BCUT2D eigenvalue weighted by atomic mass is 32.1. The number of nitrogens with zero attached hydrogens (tertiary/aromatic N) is 5. The number of benzene rings is 1. The van der Waals surface area contributed by atoms with Gasteiger partial charge in [-0.05, 0) is 50.3 Å². The summed E-state index contributed by atoms with van der Waals surface area (Å²) in [5.41, 5.74) is 4.00. The van der Waals surface area contributed by atoms with Crippen molar-refractivity contribution in [3.8, 4) is 17.3 Å². The second-order valence-electron chi connectivity index (χ2n) is 11.2. The van der Waals surface area contributed by atoms with Crippen molar-refractivity contribution in [1.29, 1.82) is 5.26 Å². The van der Waals surface area contributed by atoms with Crippen LogP contribution in [0.25, 0.3) is 32.2 Å². The fourth-order valence-electron chi connectivity index (χ4n) is 5.57. The Morgan fingerprint density at radius 3 is 2.78 bits per heavy atom. The van der Waals surface area contributed by atoms with Crippen LogP contribution in [0.5, 0.6) is 0 Å². The number of carbonyl (C=O) groups is 1. The molecule has 1 atom stereocenters. The zero-order valence-corrected chi connectivity index (χ0v) is 24.0. The van der Waals surface area contributed by atoms with Crippen LogP contribution < -0.4 is 10.2 Å². The summed E-state index contributed by atoms with van der Waals surface area (Å²) in [7, 11) is 0. The van der Waals surface area contributed by atoms with E-state index in [4.69, 9.17) is 14.5 Å². The van der Waals surface area contributed by atoms with Crippen LogP contribution >= 0.6 is 11.3 Å². The molecule has 1 fully saturated rings. The molecule has 0 bridgehead atoms. The molecule has 0 saturated carbocycles. The lowest BCUT2D eigenvalue weighted by Crippen LogP contribution is -2.27. The highest BCUT2D eigenvalue weighted by Crippen LogP contribution is 2.46. The fraction of sp³-hybridized carbons (Fsp3) is 0.414. The van der Waals surface area contributed by atoms with Crippen LogP contribution in [0.1, 0.15) is 56.4 Å². The average molecular weight is 577 g/mol. The van der Waals surface area contributed by atoms with Crippen LogP contribution in [-0.4, -0.2) is 50.9 Å². The van der Waals surface area contributed by atoms with E-state index in [9.17, 15) is 15.2 Å². The zero-order chi connectivity index (χ0) is 29.1. The summed E-state index contributed by atoms with van der Waals surface area (Å²) >= 11 is 0.971. The zero-order valence-electron chi connectivity index (χ0n) is 23.2. The number of amides is 1. The Bertz CT molecular complexity index is 1760. The minimum atomic E-state index is -0.749. The third kappa shape index (κ3) is 4.73. The third-order valence-corrected chi connectivity index (χ3v) is 8.39. The molecular weight excluding hydrogens is 547 g/mol. The SMILES string of the molecule is CCc1c(-c2ncc(F)c3sc(NC(=O)OC(C)(C)C)c(C#N)c23)c2c(c3cnc(N4CC[C@@H](O)C4)nc13)COC2. The molecule has 5 heterocycles. The molecule has 0 radical (unpaired) electrons. The molecule has 0 unspecified atom stereocenters.